The fourth-order valence-corrected chi connectivity index (χ4v) is 3.02. The van der Waals surface area contributed by atoms with Gasteiger partial charge in [-0.3, -0.25) is 0 Å². The molecule has 2 amide bonds. The van der Waals surface area contributed by atoms with Crippen LogP contribution in [0.1, 0.15) is 46.5 Å². The number of nitrogens with one attached hydrogen (secondary N) is 2. The third kappa shape index (κ3) is 4.68. The van der Waals surface area contributed by atoms with Crippen LogP contribution in [-0.4, -0.2) is 31.3 Å². The molecule has 2 rings (SSSR count). The van der Waals surface area contributed by atoms with Gasteiger partial charge in [0.15, 0.2) is 0 Å². The van der Waals surface area contributed by atoms with E-state index in [0.29, 0.717) is 17.9 Å². The number of carbonyl (C=O) groups is 1. The third-order valence-electron chi connectivity index (χ3n) is 4.21. The highest BCUT2D eigenvalue weighted by Crippen LogP contribution is 2.33. The second-order valence-electron chi connectivity index (χ2n) is 6.56. The van der Waals surface area contributed by atoms with Crippen molar-refractivity contribution < 1.29 is 9.53 Å². The van der Waals surface area contributed by atoms with Gasteiger partial charge in [-0.1, -0.05) is 26.7 Å². The fraction of sp³-hybridized carbons (Fsp3) is 0.933. The largest absolute Gasteiger partial charge is 0.378 e. The summed E-state index contributed by atoms with van der Waals surface area (Å²) in [7, 11) is 0. The van der Waals surface area contributed by atoms with E-state index in [1.807, 2.05) is 0 Å². The molecule has 110 valence electrons. The van der Waals surface area contributed by atoms with Gasteiger partial charge in [0, 0.05) is 25.1 Å². The van der Waals surface area contributed by atoms with Gasteiger partial charge in [-0.25, -0.2) is 4.79 Å². The predicted molar refractivity (Wildman–Crippen MR) is 76.0 cm³/mol. The first-order valence-corrected chi connectivity index (χ1v) is 7.72. The molecule has 2 N–H and O–H groups in total. The van der Waals surface area contributed by atoms with Crippen molar-refractivity contribution in [2.75, 3.05) is 13.2 Å². The van der Waals surface area contributed by atoms with Crippen molar-refractivity contribution >= 4 is 6.03 Å². The summed E-state index contributed by atoms with van der Waals surface area (Å²) in [5, 5.41) is 6.03. The van der Waals surface area contributed by atoms with Crippen LogP contribution in [0.2, 0.25) is 0 Å². The van der Waals surface area contributed by atoms with Crippen LogP contribution >= 0.6 is 0 Å². The minimum atomic E-state index is -0.0254. The molecule has 1 aliphatic heterocycles. The van der Waals surface area contributed by atoms with E-state index in [1.54, 1.807) is 0 Å². The molecule has 1 saturated carbocycles. The topological polar surface area (TPSA) is 50.4 Å². The molecule has 2 aliphatic rings. The van der Waals surface area contributed by atoms with E-state index in [9.17, 15) is 4.79 Å². The first kappa shape index (κ1) is 14.6. The number of amides is 2. The Hall–Kier alpha value is -0.770. The summed E-state index contributed by atoms with van der Waals surface area (Å²) in [6.07, 6.45) is 5.14. The van der Waals surface area contributed by atoms with Gasteiger partial charge in [-0.2, -0.15) is 0 Å². The maximum Gasteiger partial charge on any atom is 0.315 e. The molecule has 0 aromatic heterocycles. The standard InChI is InChI=1S/C15H28N2O2/c1-10(2)14-13(6-7-19-14)9-16-15(18)17-11(3)8-12-4-5-12/h10-14H,4-9H2,1-3H3,(H2,16,17,18)/t11?,13-,14-/m1/s1. The molecule has 1 heterocycles. The van der Waals surface area contributed by atoms with Gasteiger partial charge in [0.2, 0.25) is 0 Å². The van der Waals surface area contributed by atoms with E-state index in [-0.39, 0.29) is 12.1 Å². The molecule has 3 atom stereocenters. The van der Waals surface area contributed by atoms with Crippen LogP contribution in [0.15, 0.2) is 0 Å². The zero-order chi connectivity index (χ0) is 13.8. The maximum absolute atomic E-state index is 11.8. The molecule has 2 fully saturated rings. The summed E-state index contributed by atoms with van der Waals surface area (Å²) in [5.41, 5.74) is 0. The summed E-state index contributed by atoms with van der Waals surface area (Å²) in [4.78, 5) is 11.8. The van der Waals surface area contributed by atoms with Gasteiger partial charge in [0.1, 0.15) is 0 Å². The number of hydrogen-bond acceptors (Lipinski definition) is 2. The van der Waals surface area contributed by atoms with E-state index in [2.05, 4.69) is 31.4 Å². The zero-order valence-electron chi connectivity index (χ0n) is 12.4. The molecule has 4 nitrogen and oxygen atoms in total. The summed E-state index contributed by atoms with van der Waals surface area (Å²) >= 11 is 0. The first-order chi connectivity index (χ1) is 9.06. The average Bonchev–Trinajstić information content (AvgIpc) is 3.01. The van der Waals surface area contributed by atoms with Crippen molar-refractivity contribution in [1.29, 1.82) is 0 Å². The number of ether oxygens (including phenoxy) is 1. The van der Waals surface area contributed by atoms with Gasteiger partial charge in [0.05, 0.1) is 6.10 Å². The summed E-state index contributed by atoms with van der Waals surface area (Å²) in [6.45, 7) is 8.01. The molecule has 19 heavy (non-hydrogen) atoms. The molecule has 0 aromatic rings. The van der Waals surface area contributed by atoms with Crippen LogP contribution in [-0.2, 0) is 4.74 Å². The molecule has 0 spiro atoms. The zero-order valence-corrected chi connectivity index (χ0v) is 12.4. The van der Waals surface area contributed by atoms with Crippen LogP contribution in [0.25, 0.3) is 0 Å². The van der Waals surface area contributed by atoms with Crippen molar-refractivity contribution in [1.82, 2.24) is 10.6 Å². The molecule has 4 heteroatoms. The van der Waals surface area contributed by atoms with E-state index in [0.717, 1.165) is 31.9 Å². The van der Waals surface area contributed by atoms with Crippen molar-refractivity contribution in [3.63, 3.8) is 0 Å². The Morgan fingerprint density at radius 1 is 1.26 bits per heavy atom. The Kier molecular flexibility index (Phi) is 5.08. The van der Waals surface area contributed by atoms with Gasteiger partial charge >= 0.3 is 6.03 Å². The van der Waals surface area contributed by atoms with Crippen LogP contribution in [0.5, 0.6) is 0 Å². The molecular weight excluding hydrogens is 240 g/mol. The first-order valence-electron chi connectivity index (χ1n) is 7.72. The monoisotopic (exact) mass is 268 g/mol. The third-order valence-corrected chi connectivity index (χ3v) is 4.21. The minimum Gasteiger partial charge on any atom is -0.378 e. The normalized spacial score (nSPS) is 28.4. The van der Waals surface area contributed by atoms with Crippen LogP contribution in [0.4, 0.5) is 4.79 Å². The van der Waals surface area contributed by atoms with Crippen molar-refractivity contribution in [3.8, 4) is 0 Å². The van der Waals surface area contributed by atoms with Gasteiger partial charge in [0.25, 0.3) is 0 Å². The summed E-state index contributed by atoms with van der Waals surface area (Å²) in [5.74, 6) is 1.83. The number of urea groups is 1. The molecule has 1 aliphatic carbocycles. The Morgan fingerprint density at radius 3 is 2.63 bits per heavy atom. The number of rotatable bonds is 6. The Bertz CT molecular complexity index is 303. The summed E-state index contributed by atoms with van der Waals surface area (Å²) in [6, 6.07) is 0.260. The maximum atomic E-state index is 11.8. The van der Waals surface area contributed by atoms with Gasteiger partial charge < -0.3 is 15.4 Å². The molecule has 1 saturated heterocycles. The molecule has 0 bridgehead atoms. The average molecular weight is 268 g/mol. The van der Waals surface area contributed by atoms with E-state index >= 15 is 0 Å². The smallest absolute Gasteiger partial charge is 0.315 e. The number of hydrogen-bond donors (Lipinski definition) is 2. The molecule has 0 aromatic carbocycles. The van der Waals surface area contributed by atoms with E-state index in [1.165, 1.54) is 12.8 Å². The van der Waals surface area contributed by atoms with Crippen molar-refractivity contribution in [3.05, 3.63) is 0 Å². The lowest BCUT2D eigenvalue weighted by molar-refractivity contribution is 0.0545. The second-order valence-corrected chi connectivity index (χ2v) is 6.56. The fourth-order valence-electron chi connectivity index (χ4n) is 3.02. The van der Waals surface area contributed by atoms with Crippen LogP contribution in [0.3, 0.4) is 0 Å². The Labute approximate surface area is 116 Å². The van der Waals surface area contributed by atoms with Crippen LogP contribution in [0, 0.1) is 17.8 Å². The molecular formula is C15H28N2O2. The highest BCUT2D eigenvalue weighted by molar-refractivity contribution is 5.74. The second kappa shape index (κ2) is 6.60. The van der Waals surface area contributed by atoms with Gasteiger partial charge in [-0.15, -0.1) is 0 Å². The minimum absolute atomic E-state index is 0.0254. The van der Waals surface area contributed by atoms with E-state index in [4.69, 9.17) is 4.74 Å². The molecule has 1 unspecified atom stereocenters. The van der Waals surface area contributed by atoms with Crippen molar-refractivity contribution in [2.24, 2.45) is 17.8 Å². The predicted octanol–water partition coefficient (Wildman–Crippen LogP) is 2.54. The Morgan fingerprint density at radius 2 is 2.00 bits per heavy atom. The lowest BCUT2D eigenvalue weighted by Crippen LogP contribution is -2.44. The lowest BCUT2D eigenvalue weighted by atomic mass is 9.93. The van der Waals surface area contributed by atoms with E-state index < -0.39 is 0 Å². The highest BCUT2D eigenvalue weighted by atomic mass is 16.5. The SMILES string of the molecule is CC(CC1CC1)NC(=O)NC[C@H]1CCO[C@@H]1C(C)C. The highest BCUT2D eigenvalue weighted by Gasteiger charge is 2.31. The number of carbonyl (C=O) groups excluding carboxylic acids is 1. The van der Waals surface area contributed by atoms with Crippen LogP contribution < -0.4 is 10.6 Å². The summed E-state index contributed by atoms with van der Waals surface area (Å²) < 4.78 is 5.73. The molecule has 0 radical (unpaired) electrons. The lowest BCUT2D eigenvalue weighted by Gasteiger charge is -2.22. The Balaban J connectivity index is 1.64. The quantitative estimate of drug-likeness (QED) is 0.778. The van der Waals surface area contributed by atoms with Gasteiger partial charge in [-0.05, 0) is 31.6 Å². The van der Waals surface area contributed by atoms with Crippen molar-refractivity contribution in [2.45, 2.75) is 58.6 Å².